The SMILES string of the molecule is Cc1nc(C(F)(F)F)sc1C(=O)OCc1cnc(C(C)(C)C)o1. The van der Waals surface area contributed by atoms with Crippen LogP contribution in [0.25, 0.3) is 0 Å². The van der Waals surface area contributed by atoms with Crippen molar-refractivity contribution >= 4 is 17.3 Å². The van der Waals surface area contributed by atoms with Crippen molar-refractivity contribution in [1.82, 2.24) is 9.97 Å². The van der Waals surface area contributed by atoms with Crippen LogP contribution in [0.1, 0.15) is 52.8 Å². The molecule has 9 heteroatoms. The molecule has 0 aliphatic carbocycles. The number of aromatic nitrogens is 2. The van der Waals surface area contributed by atoms with Gasteiger partial charge < -0.3 is 9.15 Å². The van der Waals surface area contributed by atoms with Crippen LogP contribution in [0.3, 0.4) is 0 Å². The maximum Gasteiger partial charge on any atom is 0.443 e. The van der Waals surface area contributed by atoms with Crippen LogP contribution in [0.2, 0.25) is 0 Å². The number of ether oxygens (including phenoxy) is 1. The Morgan fingerprint density at radius 1 is 1.35 bits per heavy atom. The van der Waals surface area contributed by atoms with Gasteiger partial charge in [-0.15, -0.1) is 11.3 Å². The first kappa shape index (κ1) is 17.5. The number of hydrogen-bond acceptors (Lipinski definition) is 6. The van der Waals surface area contributed by atoms with Crippen LogP contribution in [-0.2, 0) is 22.9 Å². The molecule has 2 rings (SSSR count). The molecule has 0 saturated heterocycles. The topological polar surface area (TPSA) is 65.2 Å². The third kappa shape index (κ3) is 4.10. The molecule has 0 fully saturated rings. The average molecular weight is 348 g/mol. The number of aryl methyl sites for hydroxylation is 1. The van der Waals surface area contributed by atoms with Gasteiger partial charge in [-0.2, -0.15) is 13.2 Å². The molecular formula is C14H15F3N2O3S. The second-order valence-corrected chi connectivity index (χ2v) is 6.89. The first-order valence-corrected chi connectivity index (χ1v) is 7.47. The van der Waals surface area contributed by atoms with Gasteiger partial charge >= 0.3 is 12.1 Å². The normalized spacial score (nSPS) is 12.5. The summed E-state index contributed by atoms with van der Waals surface area (Å²) < 4.78 is 48.2. The molecule has 0 aliphatic heterocycles. The zero-order valence-electron chi connectivity index (χ0n) is 12.9. The zero-order valence-corrected chi connectivity index (χ0v) is 13.8. The molecule has 2 aromatic heterocycles. The maximum atomic E-state index is 12.6. The third-order valence-electron chi connectivity index (χ3n) is 2.77. The summed E-state index contributed by atoms with van der Waals surface area (Å²) in [5, 5.41) is -1.07. The molecule has 126 valence electrons. The summed E-state index contributed by atoms with van der Waals surface area (Å²) in [4.78, 5) is 19.2. The number of hydrogen-bond donors (Lipinski definition) is 0. The number of esters is 1. The number of alkyl halides is 3. The minimum absolute atomic E-state index is 0.0136. The van der Waals surface area contributed by atoms with Gasteiger partial charge in [0.25, 0.3) is 0 Å². The second kappa shape index (κ2) is 5.95. The van der Waals surface area contributed by atoms with Gasteiger partial charge in [0.05, 0.1) is 11.9 Å². The highest BCUT2D eigenvalue weighted by molar-refractivity contribution is 7.13. The van der Waals surface area contributed by atoms with E-state index in [2.05, 4.69) is 9.97 Å². The van der Waals surface area contributed by atoms with Crippen LogP contribution in [0.4, 0.5) is 13.2 Å². The lowest BCUT2D eigenvalue weighted by Crippen LogP contribution is -2.11. The van der Waals surface area contributed by atoms with Crippen LogP contribution in [0.5, 0.6) is 0 Å². The summed E-state index contributed by atoms with van der Waals surface area (Å²) >= 11 is 0.262. The summed E-state index contributed by atoms with van der Waals surface area (Å²) in [5.74, 6) is -0.0671. The van der Waals surface area contributed by atoms with Crippen molar-refractivity contribution in [2.45, 2.75) is 45.9 Å². The predicted octanol–water partition coefficient (Wildman–Crippen LogP) is 4.11. The van der Waals surface area contributed by atoms with E-state index in [4.69, 9.17) is 9.15 Å². The third-order valence-corrected chi connectivity index (χ3v) is 3.95. The molecule has 0 N–H and O–H groups in total. The number of oxazole rings is 1. The van der Waals surface area contributed by atoms with Crippen LogP contribution < -0.4 is 0 Å². The molecule has 0 amide bonds. The van der Waals surface area contributed by atoms with Crippen LogP contribution in [-0.4, -0.2) is 15.9 Å². The molecule has 0 spiro atoms. The quantitative estimate of drug-likeness (QED) is 0.781. The fourth-order valence-corrected chi connectivity index (χ4v) is 2.46. The Labute approximate surface area is 134 Å². The lowest BCUT2D eigenvalue weighted by molar-refractivity contribution is -0.137. The Morgan fingerprint density at radius 3 is 2.48 bits per heavy atom. The molecule has 2 aromatic rings. The van der Waals surface area contributed by atoms with Crippen molar-refractivity contribution in [3.63, 3.8) is 0 Å². The van der Waals surface area contributed by atoms with E-state index in [0.29, 0.717) is 11.7 Å². The molecule has 2 heterocycles. The van der Waals surface area contributed by atoms with Gasteiger partial charge in [-0.1, -0.05) is 20.8 Å². The first-order chi connectivity index (χ1) is 10.5. The molecule has 0 atom stereocenters. The number of rotatable bonds is 3. The number of nitrogens with zero attached hydrogens (tertiary/aromatic N) is 2. The number of thiazole rings is 1. The molecule has 23 heavy (non-hydrogen) atoms. The van der Waals surface area contributed by atoms with Crippen LogP contribution >= 0.6 is 11.3 Å². The summed E-state index contributed by atoms with van der Waals surface area (Å²) in [6, 6.07) is 0. The van der Waals surface area contributed by atoms with E-state index in [1.165, 1.54) is 13.1 Å². The van der Waals surface area contributed by atoms with Crippen molar-refractivity contribution in [3.05, 3.63) is 33.4 Å². The molecule has 0 aliphatic rings. The lowest BCUT2D eigenvalue weighted by atomic mass is 9.97. The van der Waals surface area contributed by atoms with E-state index >= 15 is 0 Å². The fraction of sp³-hybridized carbons (Fsp3) is 0.500. The maximum absolute atomic E-state index is 12.6. The van der Waals surface area contributed by atoms with Gasteiger partial charge in [-0.05, 0) is 6.92 Å². The Morgan fingerprint density at radius 2 is 2.00 bits per heavy atom. The number of halogens is 3. The Bertz CT molecular complexity index is 714. The van der Waals surface area contributed by atoms with Crippen molar-refractivity contribution in [1.29, 1.82) is 0 Å². The lowest BCUT2D eigenvalue weighted by Gasteiger charge is -2.12. The van der Waals surface area contributed by atoms with E-state index in [0.717, 1.165) is 0 Å². The monoisotopic (exact) mass is 348 g/mol. The van der Waals surface area contributed by atoms with Gasteiger partial charge in [0.1, 0.15) is 4.88 Å². The number of carbonyl (C=O) groups is 1. The smallest absolute Gasteiger partial charge is 0.443 e. The fourth-order valence-electron chi connectivity index (χ4n) is 1.63. The Hall–Kier alpha value is -1.90. The van der Waals surface area contributed by atoms with E-state index in [1.54, 1.807) is 0 Å². The van der Waals surface area contributed by atoms with Crippen LogP contribution in [0.15, 0.2) is 10.6 Å². The molecule has 0 radical (unpaired) electrons. The summed E-state index contributed by atoms with van der Waals surface area (Å²) in [5.41, 5.74) is -0.307. The van der Waals surface area contributed by atoms with E-state index < -0.39 is 17.2 Å². The summed E-state index contributed by atoms with van der Waals surface area (Å²) in [6.07, 6.45) is -3.16. The molecule has 0 bridgehead atoms. The van der Waals surface area contributed by atoms with Crippen molar-refractivity contribution in [2.24, 2.45) is 0 Å². The van der Waals surface area contributed by atoms with Gasteiger partial charge in [-0.3, -0.25) is 0 Å². The number of carbonyl (C=O) groups excluding carboxylic acids is 1. The summed E-state index contributed by atoms with van der Waals surface area (Å²) in [6.45, 7) is 6.85. The van der Waals surface area contributed by atoms with Crippen molar-refractivity contribution < 1.29 is 27.1 Å². The minimum Gasteiger partial charge on any atom is -0.453 e. The first-order valence-electron chi connectivity index (χ1n) is 6.65. The zero-order chi connectivity index (χ0) is 17.4. The Balaban J connectivity index is 2.06. The molecule has 0 saturated carbocycles. The highest BCUT2D eigenvalue weighted by Gasteiger charge is 2.36. The average Bonchev–Trinajstić information content (AvgIpc) is 3.01. The summed E-state index contributed by atoms with van der Waals surface area (Å²) in [7, 11) is 0. The van der Waals surface area contributed by atoms with E-state index in [1.807, 2.05) is 20.8 Å². The molecule has 0 unspecified atom stereocenters. The van der Waals surface area contributed by atoms with Crippen molar-refractivity contribution in [3.8, 4) is 0 Å². The molecule has 0 aromatic carbocycles. The molecule has 5 nitrogen and oxygen atoms in total. The Kier molecular flexibility index (Phi) is 4.52. The predicted molar refractivity (Wildman–Crippen MR) is 76.2 cm³/mol. The highest BCUT2D eigenvalue weighted by atomic mass is 32.1. The van der Waals surface area contributed by atoms with E-state index in [9.17, 15) is 18.0 Å². The minimum atomic E-state index is -4.58. The largest absolute Gasteiger partial charge is 0.453 e. The van der Waals surface area contributed by atoms with Gasteiger partial charge in [0.15, 0.2) is 23.3 Å². The van der Waals surface area contributed by atoms with Gasteiger partial charge in [-0.25, -0.2) is 14.8 Å². The van der Waals surface area contributed by atoms with Gasteiger partial charge in [0.2, 0.25) is 0 Å². The van der Waals surface area contributed by atoms with E-state index in [-0.39, 0.29) is 33.9 Å². The van der Waals surface area contributed by atoms with Crippen molar-refractivity contribution in [2.75, 3.05) is 0 Å². The standard InChI is InChI=1S/C14H15F3N2O3S/c1-7-9(23-12(19-7)14(15,16)17)10(20)21-6-8-5-18-11(22-8)13(2,3)4/h5H,6H2,1-4H3. The highest BCUT2D eigenvalue weighted by Crippen LogP contribution is 2.34. The van der Waals surface area contributed by atoms with Crippen LogP contribution in [0, 0.1) is 6.92 Å². The second-order valence-electron chi connectivity index (χ2n) is 5.89. The van der Waals surface area contributed by atoms with Gasteiger partial charge in [0, 0.05) is 5.41 Å². The molecular weight excluding hydrogens is 333 g/mol.